The minimum atomic E-state index is -1.13. The molecule has 0 aliphatic heterocycles. The number of thioether (sulfide) groups is 1. The van der Waals surface area contributed by atoms with Crippen LogP contribution in [-0.4, -0.2) is 22.1 Å². The molecule has 5 nitrogen and oxygen atoms in total. The highest BCUT2D eigenvalue weighted by Crippen LogP contribution is 2.38. The molecular weight excluding hydrogens is 346 g/mol. The zero-order valence-electron chi connectivity index (χ0n) is 13.7. The maximum Gasteiger partial charge on any atom is 0.355 e. The maximum absolute atomic E-state index is 11.0. The molecule has 6 N–H and O–H groups in total. The maximum atomic E-state index is 11.0. The van der Waals surface area contributed by atoms with Crippen molar-refractivity contribution in [3.8, 4) is 0 Å². The summed E-state index contributed by atoms with van der Waals surface area (Å²) in [6, 6.07) is 6.27. The Balaban J connectivity index is 1.88. The lowest BCUT2D eigenvalue weighted by atomic mass is 9.83. The van der Waals surface area contributed by atoms with Crippen LogP contribution in [-0.2, 0) is 4.79 Å². The Bertz CT molecular complexity index is 608. The predicted octanol–water partition coefficient (Wildman–Crippen LogP) is 3.13. The number of benzene rings is 1. The fourth-order valence-electron chi connectivity index (χ4n) is 3.13. The highest BCUT2D eigenvalue weighted by Gasteiger charge is 2.23. The van der Waals surface area contributed by atoms with Gasteiger partial charge in [0.2, 0.25) is 0 Å². The summed E-state index contributed by atoms with van der Waals surface area (Å²) in [7, 11) is 0. The second-order valence-electron chi connectivity index (χ2n) is 6.20. The summed E-state index contributed by atoms with van der Waals surface area (Å²) < 4.78 is 0. The predicted molar refractivity (Wildman–Crippen MR) is 99.8 cm³/mol. The molecule has 2 rings (SSSR count). The Morgan fingerprint density at radius 1 is 1.33 bits per heavy atom. The standard InChI is InChI=1S/C17H24ClN3O2S/c1-10-6-12(8-13(18)7-10)11-2-4-14(5-3-11)24-9-15(19)16(21-20)17(22)23/h6-8,11,14,21H,2-5,9,19-20H2,1H3,(H,22,23)/b16-15-. The highest BCUT2D eigenvalue weighted by molar-refractivity contribution is 8.00. The van der Waals surface area contributed by atoms with Crippen molar-refractivity contribution in [2.24, 2.45) is 11.6 Å². The van der Waals surface area contributed by atoms with E-state index in [2.05, 4.69) is 24.5 Å². The van der Waals surface area contributed by atoms with E-state index < -0.39 is 5.97 Å². The first-order chi connectivity index (χ1) is 11.4. The van der Waals surface area contributed by atoms with Gasteiger partial charge in [0, 0.05) is 16.0 Å². The van der Waals surface area contributed by atoms with Crippen LogP contribution in [0.25, 0.3) is 0 Å². The second kappa shape index (κ2) is 8.65. The Kier molecular flexibility index (Phi) is 6.83. The third kappa shape index (κ3) is 5.06. The molecule has 1 aromatic carbocycles. The summed E-state index contributed by atoms with van der Waals surface area (Å²) in [5.74, 6) is 5.09. The highest BCUT2D eigenvalue weighted by atomic mass is 35.5. The summed E-state index contributed by atoms with van der Waals surface area (Å²) in [4.78, 5) is 11.0. The number of carboxylic acid groups (broad SMARTS) is 1. The lowest BCUT2D eigenvalue weighted by Gasteiger charge is -2.29. The van der Waals surface area contributed by atoms with Crippen LogP contribution in [0.15, 0.2) is 29.6 Å². The third-order valence-electron chi connectivity index (χ3n) is 4.36. The molecule has 0 heterocycles. The van der Waals surface area contributed by atoms with Gasteiger partial charge >= 0.3 is 5.97 Å². The number of nitrogens with two attached hydrogens (primary N) is 2. The lowest BCUT2D eigenvalue weighted by Crippen LogP contribution is -2.31. The molecular formula is C17H24ClN3O2S. The number of carbonyl (C=O) groups is 1. The Hall–Kier alpha value is -1.37. The summed E-state index contributed by atoms with van der Waals surface area (Å²) in [5.41, 5.74) is 10.7. The first-order valence-corrected chi connectivity index (χ1v) is 9.40. The molecule has 1 aliphatic carbocycles. The number of carboxylic acids is 1. The minimum absolute atomic E-state index is 0.120. The molecule has 0 amide bonds. The van der Waals surface area contributed by atoms with Gasteiger partial charge in [0.05, 0.1) is 5.70 Å². The number of halogens is 1. The number of hydrazine groups is 1. The van der Waals surface area contributed by atoms with E-state index in [-0.39, 0.29) is 11.4 Å². The SMILES string of the molecule is Cc1cc(Cl)cc(C2CCC(SC/C(N)=C(/NN)C(=O)O)CC2)c1. The summed E-state index contributed by atoms with van der Waals surface area (Å²) in [5, 5.41) is 10.3. The van der Waals surface area contributed by atoms with Gasteiger partial charge in [-0.3, -0.25) is 5.84 Å². The van der Waals surface area contributed by atoms with Crippen molar-refractivity contribution >= 4 is 29.3 Å². The third-order valence-corrected chi connectivity index (χ3v) is 6.00. The molecule has 0 saturated heterocycles. The van der Waals surface area contributed by atoms with Crippen molar-refractivity contribution in [1.29, 1.82) is 0 Å². The monoisotopic (exact) mass is 369 g/mol. The average molecular weight is 370 g/mol. The largest absolute Gasteiger partial charge is 0.476 e. The summed E-state index contributed by atoms with van der Waals surface area (Å²) in [6.07, 6.45) is 4.41. The zero-order chi connectivity index (χ0) is 17.7. The fourth-order valence-corrected chi connectivity index (χ4v) is 4.60. The van der Waals surface area contributed by atoms with E-state index in [1.807, 2.05) is 6.07 Å². The fraction of sp³-hybridized carbons (Fsp3) is 0.471. The van der Waals surface area contributed by atoms with Crippen molar-refractivity contribution < 1.29 is 9.90 Å². The van der Waals surface area contributed by atoms with Crippen LogP contribution >= 0.6 is 23.4 Å². The smallest absolute Gasteiger partial charge is 0.355 e. The van der Waals surface area contributed by atoms with Crippen LogP contribution in [0, 0.1) is 6.92 Å². The van der Waals surface area contributed by atoms with Crippen molar-refractivity contribution in [3.63, 3.8) is 0 Å². The summed E-state index contributed by atoms with van der Waals surface area (Å²) >= 11 is 7.87. The molecule has 1 aliphatic rings. The van der Waals surface area contributed by atoms with Gasteiger partial charge < -0.3 is 16.3 Å². The Morgan fingerprint density at radius 2 is 2.00 bits per heavy atom. The second-order valence-corrected chi connectivity index (χ2v) is 7.92. The molecule has 0 unspecified atom stereocenters. The van der Waals surface area contributed by atoms with Crippen LogP contribution in [0.5, 0.6) is 0 Å². The van der Waals surface area contributed by atoms with E-state index in [1.165, 1.54) is 11.1 Å². The molecule has 1 aromatic rings. The molecule has 0 aromatic heterocycles. The van der Waals surface area contributed by atoms with Crippen molar-refractivity contribution in [2.75, 3.05) is 5.75 Å². The van der Waals surface area contributed by atoms with Crippen molar-refractivity contribution in [1.82, 2.24) is 5.43 Å². The molecule has 132 valence electrons. The van der Waals surface area contributed by atoms with Gasteiger partial charge in [0.25, 0.3) is 0 Å². The van der Waals surface area contributed by atoms with Gasteiger partial charge in [0.1, 0.15) is 0 Å². The van der Waals surface area contributed by atoms with Gasteiger partial charge in [-0.25, -0.2) is 4.79 Å². The van der Waals surface area contributed by atoms with E-state index in [4.69, 9.17) is 28.3 Å². The van der Waals surface area contributed by atoms with Crippen LogP contribution in [0.3, 0.4) is 0 Å². The van der Waals surface area contributed by atoms with Crippen LogP contribution in [0.2, 0.25) is 5.02 Å². The number of aryl methyl sites for hydroxylation is 1. The number of nitrogens with one attached hydrogen (secondary N) is 1. The molecule has 7 heteroatoms. The van der Waals surface area contributed by atoms with Crippen LogP contribution in [0.4, 0.5) is 0 Å². The minimum Gasteiger partial charge on any atom is -0.476 e. The normalized spacial score (nSPS) is 22.0. The molecule has 1 saturated carbocycles. The van der Waals surface area contributed by atoms with E-state index in [0.29, 0.717) is 16.9 Å². The quantitative estimate of drug-likeness (QED) is 0.349. The van der Waals surface area contributed by atoms with Gasteiger partial charge in [0.15, 0.2) is 5.70 Å². The zero-order valence-corrected chi connectivity index (χ0v) is 15.3. The molecule has 24 heavy (non-hydrogen) atoms. The molecule has 0 spiro atoms. The van der Waals surface area contributed by atoms with Gasteiger partial charge in [-0.05, 0) is 61.8 Å². The summed E-state index contributed by atoms with van der Waals surface area (Å²) in [6.45, 7) is 2.07. The first kappa shape index (κ1) is 19.0. The van der Waals surface area contributed by atoms with Gasteiger partial charge in [-0.2, -0.15) is 11.8 Å². The molecule has 0 bridgehead atoms. The molecule has 1 fully saturated rings. The van der Waals surface area contributed by atoms with E-state index in [0.717, 1.165) is 30.7 Å². The van der Waals surface area contributed by atoms with Crippen LogP contribution in [0.1, 0.15) is 42.7 Å². The Labute approximate surface area is 151 Å². The van der Waals surface area contributed by atoms with Crippen molar-refractivity contribution in [3.05, 3.63) is 45.7 Å². The number of hydrogen-bond acceptors (Lipinski definition) is 5. The Morgan fingerprint density at radius 3 is 2.54 bits per heavy atom. The molecule has 0 atom stereocenters. The molecule has 0 radical (unpaired) electrons. The number of aliphatic carboxylic acids is 1. The van der Waals surface area contributed by atoms with Gasteiger partial charge in [-0.15, -0.1) is 0 Å². The first-order valence-electron chi connectivity index (χ1n) is 7.98. The number of rotatable bonds is 6. The van der Waals surface area contributed by atoms with E-state index in [9.17, 15) is 4.79 Å². The van der Waals surface area contributed by atoms with E-state index in [1.54, 1.807) is 11.8 Å². The van der Waals surface area contributed by atoms with Crippen LogP contribution < -0.4 is 17.0 Å². The topological polar surface area (TPSA) is 101 Å². The lowest BCUT2D eigenvalue weighted by molar-refractivity contribution is -0.133. The average Bonchev–Trinajstić information content (AvgIpc) is 2.53. The number of hydrogen-bond donors (Lipinski definition) is 4. The van der Waals surface area contributed by atoms with Gasteiger partial charge in [-0.1, -0.05) is 17.7 Å². The van der Waals surface area contributed by atoms with E-state index >= 15 is 0 Å². The van der Waals surface area contributed by atoms with Crippen molar-refractivity contribution in [2.45, 2.75) is 43.8 Å².